The van der Waals surface area contributed by atoms with Gasteiger partial charge in [-0.1, -0.05) is 0 Å². The van der Waals surface area contributed by atoms with Crippen LogP contribution < -0.4 is 12.4 Å². The second kappa shape index (κ2) is 6.84. The number of rotatable bonds is 2. The number of halogens is 1. The zero-order valence-corrected chi connectivity index (χ0v) is 9.04. The quantitative estimate of drug-likeness (QED) is 0.370. The first-order chi connectivity index (χ1) is 3.06. The van der Waals surface area contributed by atoms with Crippen LogP contribution in [0.25, 0.3) is 0 Å². The SMILES string of the molecule is C[N+](C)(C)CCO.[Cl-].[SeH2]. The molecule has 0 saturated carbocycles. The molecule has 0 rings (SSSR count). The summed E-state index contributed by atoms with van der Waals surface area (Å²) < 4.78 is 0.844. The minimum atomic E-state index is 0. The van der Waals surface area contributed by atoms with Crippen molar-refractivity contribution >= 4 is 17.1 Å². The number of aliphatic hydroxyl groups is 1. The molecule has 0 aromatic rings. The normalized spacial score (nSPS) is 9.33. The zero-order valence-electron chi connectivity index (χ0n) is 6.19. The van der Waals surface area contributed by atoms with Crippen molar-refractivity contribution in [1.29, 1.82) is 0 Å². The van der Waals surface area contributed by atoms with E-state index in [-0.39, 0.29) is 36.1 Å². The predicted octanol–water partition coefficient (Wildman–Crippen LogP) is -4.23. The summed E-state index contributed by atoms with van der Waals surface area (Å²) in [5, 5.41) is 8.39. The molecule has 0 atom stereocenters. The summed E-state index contributed by atoms with van der Waals surface area (Å²) in [5.74, 6) is 0. The molecule has 0 heterocycles. The molecule has 0 aromatic carbocycles. The van der Waals surface area contributed by atoms with E-state index in [0.717, 1.165) is 11.0 Å². The fourth-order valence-electron chi connectivity index (χ4n) is 0.300. The first-order valence-electron chi connectivity index (χ1n) is 2.47. The molecule has 0 aliphatic carbocycles. The minimum absolute atomic E-state index is 0. The standard InChI is InChI=1S/C5H14NO.ClH.H2Se/c1-6(2,3)4-5-7;;/h7H,4-5H2,1-3H3;1H;1H2/q+1;;/p-1. The molecule has 4 heteroatoms. The van der Waals surface area contributed by atoms with Crippen molar-refractivity contribution < 1.29 is 22.0 Å². The van der Waals surface area contributed by atoms with Crippen LogP contribution >= 0.6 is 0 Å². The third-order valence-corrected chi connectivity index (χ3v) is 0.771. The van der Waals surface area contributed by atoms with E-state index in [4.69, 9.17) is 5.11 Å². The van der Waals surface area contributed by atoms with Gasteiger partial charge in [-0.25, -0.2) is 0 Å². The van der Waals surface area contributed by atoms with Crippen LogP contribution in [-0.4, -0.2) is 61.0 Å². The fourth-order valence-corrected chi connectivity index (χ4v) is 0.300. The number of nitrogens with zero attached hydrogens (tertiary/aromatic N) is 1. The van der Waals surface area contributed by atoms with Crippen LogP contribution in [0.4, 0.5) is 0 Å². The van der Waals surface area contributed by atoms with Gasteiger partial charge in [-0.05, 0) is 0 Å². The van der Waals surface area contributed by atoms with Crippen LogP contribution in [0, 0.1) is 0 Å². The fraction of sp³-hybridized carbons (Fsp3) is 1.00. The van der Waals surface area contributed by atoms with E-state index in [9.17, 15) is 0 Å². The molecule has 1 N–H and O–H groups in total. The summed E-state index contributed by atoms with van der Waals surface area (Å²) in [6, 6.07) is 0. The molecule has 0 amide bonds. The summed E-state index contributed by atoms with van der Waals surface area (Å²) in [7, 11) is 6.16. The molecule has 2 nitrogen and oxygen atoms in total. The monoisotopic (exact) mass is 221 g/mol. The van der Waals surface area contributed by atoms with Gasteiger partial charge in [-0.3, -0.25) is 0 Å². The summed E-state index contributed by atoms with van der Waals surface area (Å²) in [5.41, 5.74) is 0. The molecule has 0 unspecified atom stereocenters. The molecule has 0 bridgehead atoms. The molecule has 0 fully saturated rings. The number of aliphatic hydroxyl groups excluding tert-OH is 1. The van der Waals surface area contributed by atoms with E-state index in [1.54, 1.807) is 0 Å². The van der Waals surface area contributed by atoms with E-state index in [1.807, 2.05) is 0 Å². The molecular weight excluding hydrogens is 204 g/mol. The number of hydrogen-bond acceptors (Lipinski definition) is 1. The van der Waals surface area contributed by atoms with Gasteiger partial charge in [0.2, 0.25) is 0 Å². The van der Waals surface area contributed by atoms with Gasteiger partial charge in [-0.15, -0.1) is 0 Å². The van der Waals surface area contributed by atoms with Crippen molar-refractivity contribution in [2.75, 3.05) is 34.3 Å². The number of hydrogen-bond donors (Lipinski definition) is 1. The maximum atomic E-state index is 8.39. The van der Waals surface area contributed by atoms with Crippen molar-refractivity contribution in [2.24, 2.45) is 0 Å². The summed E-state index contributed by atoms with van der Waals surface area (Å²) in [4.78, 5) is 0. The van der Waals surface area contributed by atoms with Gasteiger partial charge in [0.15, 0.2) is 0 Å². The van der Waals surface area contributed by atoms with E-state index in [0.29, 0.717) is 0 Å². The van der Waals surface area contributed by atoms with Gasteiger partial charge in [0.1, 0.15) is 6.54 Å². The van der Waals surface area contributed by atoms with Crippen molar-refractivity contribution in [3.05, 3.63) is 0 Å². The average molecular weight is 221 g/mol. The van der Waals surface area contributed by atoms with Crippen LogP contribution in [0.15, 0.2) is 0 Å². The van der Waals surface area contributed by atoms with Crippen LogP contribution in [0.2, 0.25) is 0 Å². The zero-order chi connectivity index (χ0) is 5.91. The van der Waals surface area contributed by atoms with Crippen molar-refractivity contribution in [3.8, 4) is 0 Å². The van der Waals surface area contributed by atoms with Gasteiger partial charge in [0, 0.05) is 0 Å². The summed E-state index contributed by atoms with van der Waals surface area (Å²) in [6.07, 6.45) is 0. The van der Waals surface area contributed by atoms with Crippen LogP contribution in [0.1, 0.15) is 0 Å². The van der Waals surface area contributed by atoms with Crippen LogP contribution in [-0.2, 0) is 0 Å². The Morgan fingerprint density at radius 2 is 1.56 bits per heavy atom. The molecular formula is C5H16ClNOSe. The van der Waals surface area contributed by atoms with E-state index < -0.39 is 0 Å². The van der Waals surface area contributed by atoms with Gasteiger partial charge in [0.25, 0.3) is 0 Å². The maximum absolute atomic E-state index is 8.39. The van der Waals surface area contributed by atoms with Crippen molar-refractivity contribution in [2.45, 2.75) is 0 Å². The van der Waals surface area contributed by atoms with Gasteiger partial charge in [-0.2, -0.15) is 0 Å². The Morgan fingerprint density at radius 1 is 1.22 bits per heavy atom. The Labute approximate surface area is 73.7 Å². The Hall–Kier alpha value is 0.729. The van der Waals surface area contributed by atoms with E-state index in [1.165, 1.54) is 0 Å². The van der Waals surface area contributed by atoms with Gasteiger partial charge >= 0.3 is 17.1 Å². The molecule has 0 radical (unpaired) electrons. The second-order valence-corrected chi connectivity index (χ2v) is 2.74. The molecule has 9 heavy (non-hydrogen) atoms. The van der Waals surface area contributed by atoms with Gasteiger partial charge < -0.3 is 22.0 Å². The Morgan fingerprint density at radius 3 is 1.56 bits per heavy atom. The number of quaternary nitrogens is 1. The summed E-state index contributed by atoms with van der Waals surface area (Å²) in [6.45, 7) is 1.11. The first kappa shape index (κ1) is 16.4. The molecule has 0 saturated heterocycles. The summed E-state index contributed by atoms with van der Waals surface area (Å²) >= 11 is 0. The molecule has 0 aliphatic rings. The Balaban J connectivity index is -0.000000180. The van der Waals surface area contributed by atoms with E-state index >= 15 is 0 Å². The molecule has 0 aliphatic heterocycles. The first-order valence-corrected chi connectivity index (χ1v) is 2.47. The predicted molar refractivity (Wildman–Crippen MR) is 38.5 cm³/mol. The van der Waals surface area contributed by atoms with Crippen LogP contribution in [0.3, 0.4) is 0 Å². The average Bonchev–Trinajstić information content (AvgIpc) is 1.30. The van der Waals surface area contributed by atoms with E-state index in [2.05, 4.69) is 21.1 Å². The van der Waals surface area contributed by atoms with Crippen molar-refractivity contribution in [1.82, 2.24) is 0 Å². The van der Waals surface area contributed by atoms with Crippen molar-refractivity contribution in [3.63, 3.8) is 0 Å². The Kier molecular flexibility index (Phi) is 12.5. The topological polar surface area (TPSA) is 20.2 Å². The van der Waals surface area contributed by atoms with Crippen LogP contribution in [0.5, 0.6) is 0 Å². The third kappa shape index (κ3) is 17.7. The number of likely N-dealkylation sites (N-methyl/N-ethyl adjacent to an activating group) is 1. The molecule has 0 aromatic heterocycles. The second-order valence-electron chi connectivity index (χ2n) is 2.74. The molecule has 0 spiro atoms. The third-order valence-electron chi connectivity index (χ3n) is 0.771. The molecule has 60 valence electrons. The Bertz CT molecular complexity index is 55.4. The van der Waals surface area contributed by atoms with Gasteiger partial charge in [0.05, 0.1) is 27.7 Å².